The van der Waals surface area contributed by atoms with Crippen molar-refractivity contribution in [3.63, 3.8) is 0 Å². The zero-order valence-electron chi connectivity index (χ0n) is 13.1. The summed E-state index contributed by atoms with van der Waals surface area (Å²) in [4.78, 5) is 21.4. The van der Waals surface area contributed by atoms with Crippen molar-refractivity contribution in [3.8, 4) is 0 Å². The third kappa shape index (κ3) is 3.43. The number of thiazole rings is 1. The fourth-order valence-corrected chi connectivity index (χ4v) is 4.86. The maximum absolute atomic E-state index is 12.8. The molecular weight excluding hydrogens is 342 g/mol. The minimum atomic E-state index is -0.855. The molecule has 2 aromatic heterocycles. The van der Waals surface area contributed by atoms with Gasteiger partial charge >= 0.3 is 0 Å². The van der Waals surface area contributed by atoms with Gasteiger partial charge in [-0.15, -0.1) is 11.3 Å². The molecule has 3 aromatic rings. The number of aliphatic hydroxyl groups excluding tert-OH is 1. The Balaban J connectivity index is 1.96. The Morgan fingerprint density at radius 2 is 2.04 bits per heavy atom. The van der Waals surface area contributed by atoms with Crippen LogP contribution in [-0.2, 0) is 9.54 Å². The number of thioether (sulfide) groups is 1. The summed E-state index contributed by atoms with van der Waals surface area (Å²) in [5, 5.41) is 11.8. The van der Waals surface area contributed by atoms with Crippen LogP contribution in [0.25, 0.3) is 10.2 Å². The number of pyridine rings is 1. The summed E-state index contributed by atoms with van der Waals surface area (Å²) in [6.45, 7) is 2.00. The summed E-state index contributed by atoms with van der Waals surface area (Å²) in [5.74, 6) is -0.160. The molecule has 5 nitrogen and oxygen atoms in total. The van der Waals surface area contributed by atoms with Crippen molar-refractivity contribution < 1.29 is 9.90 Å². The van der Waals surface area contributed by atoms with Crippen LogP contribution in [0.3, 0.4) is 0 Å². The molecule has 0 spiro atoms. The molecule has 124 valence electrons. The zero-order valence-corrected chi connectivity index (χ0v) is 14.7. The van der Waals surface area contributed by atoms with E-state index in [1.165, 1.54) is 11.8 Å². The van der Waals surface area contributed by atoms with E-state index in [0.29, 0.717) is 0 Å². The van der Waals surface area contributed by atoms with Gasteiger partial charge in [0.1, 0.15) is 4.75 Å². The number of amides is 1. The Morgan fingerprint density at radius 3 is 2.75 bits per heavy atom. The quantitative estimate of drug-likeness (QED) is 0.662. The lowest BCUT2D eigenvalue weighted by atomic mass is 10.0. The summed E-state index contributed by atoms with van der Waals surface area (Å²) >= 11 is 2.98. The van der Waals surface area contributed by atoms with E-state index in [4.69, 9.17) is 5.11 Å². The van der Waals surface area contributed by atoms with E-state index in [0.717, 1.165) is 20.1 Å². The number of rotatable bonds is 6. The summed E-state index contributed by atoms with van der Waals surface area (Å²) < 4.78 is 1.06. The SMILES string of the molecule is CC(Sc1nc2ccccc2s1)(C(=O)NCCO)c1ccncc1. The fraction of sp³-hybridized carbons (Fsp3) is 0.235. The van der Waals surface area contributed by atoms with Gasteiger partial charge in [-0.3, -0.25) is 9.78 Å². The number of nitrogens with one attached hydrogen (secondary N) is 1. The first-order valence-electron chi connectivity index (χ1n) is 7.48. The predicted molar refractivity (Wildman–Crippen MR) is 97.2 cm³/mol. The first kappa shape index (κ1) is 16.9. The lowest BCUT2D eigenvalue weighted by Crippen LogP contribution is -2.41. The minimum Gasteiger partial charge on any atom is -0.395 e. The van der Waals surface area contributed by atoms with Crippen LogP contribution in [0.2, 0.25) is 0 Å². The molecule has 1 aromatic carbocycles. The molecule has 1 amide bonds. The molecule has 0 aliphatic rings. The number of aliphatic hydroxyl groups is 1. The van der Waals surface area contributed by atoms with Crippen LogP contribution in [0, 0.1) is 0 Å². The summed E-state index contributed by atoms with van der Waals surface area (Å²) in [7, 11) is 0. The molecule has 2 heterocycles. The van der Waals surface area contributed by atoms with Gasteiger partial charge in [-0.05, 0) is 36.8 Å². The lowest BCUT2D eigenvalue weighted by molar-refractivity contribution is -0.123. The number of aromatic nitrogens is 2. The Bertz CT molecular complexity index is 805. The topological polar surface area (TPSA) is 75.1 Å². The van der Waals surface area contributed by atoms with Crippen molar-refractivity contribution in [3.05, 3.63) is 54.4 Å². The van der Waals surface area contributed by atoms with E-state index in [2.05, 4.69) is 15.3 Å². The standard InChI is InChI=1S/C17H17N3O2S2/c1-17(15(22)19-10-11-21,12-6-8-18-9-7-12)24-16-20-13-4-2-3-5-14(13)23-16/h2-9,21H,10-11H2,1H3,(H,19,22). The molecule has 0 aliphatic heterocycles. The van der Waals surface area contributed by atoms with E-state index >= 15 is 0 Å². The average molecular weight is 359 g/mol. The van der Waals surface area contributed by atoms with Crippen molar-refractivity contribution >= 4 is 39.2 Å². The fourth-order valence-electron chi connectivity index (χ4n) is 2.31. The summed E-state index contributed by atoms with van der Waals surface area (Å²) in [6.07, 6.45) is 3.34. The second-order valence-corrected chi connectivity index (χ2v) is 7.99. The Kier molecular flexibility index (Phi) is 5.13. The number of carbonyl (C=O) groups is 1. The van der Waals surface area contributed by atoms with Gasteiger partial charge in [0.25, 0.3) is 0 Å². The van der Waals surface area contributed by atoms with Gasteiger partial charge in [0, 0.05) is 18.9 Å². The summed E-state index contributed by atoms with van der Waals surface area (Å²) in [5.41, 5.74) is 1.77. The Hall–Kier alpha value is -1.96. The van der Waals surface area contributed by atoms with Gasteiger partial charge in [-0.2, -0.15) is 0 Å². The molecule has 0 aliphatic carbocycles. The van der Waals surface area contributed by atoms with Crippen molar-refractivity contribution in [1.29, 1.82) is 0 Å². The number of hydrogen-bond donors (Lipinski definition) is 2. The molecule has 0 saturated carbocycles. The van der Waals surface area contributed by atoms with Crippen LogP contribution in [0.1, 0.15) is 12.5 Å². The lowest BCUT2D eigenvalue weighted by Gasteiger charge is -2.27. The highest BCUT2D eigenvalue weighted by molar-refractivity contribution is 8.02. The van der Waals surface area contributed by atoms with Crippen LogP contribution >= 0.6 is 23.1 Å². The van der Waals surface area contributed by atoms with Crippen molar-refractivity contribution in [2.75, 3.05) is 13.2 Å². The smallest absolute Gasteiger partial charge is 0.241 e. The first-order chi connectivity index (χ1) is 11.6. The third-order valence-electron chi connectivity index (χ3n) is 3.63. The average Bonchev–Trinajstić information content (AvgIpc) is 3.02. The number of para-hydroxylation sites is 1. The zero-order chi connectivity index (χ0) is 17.0. The number of carbonyl (C=O) groups excluding carboxylic acids is 1. The van der Waals surface area contributed by atoms with Crippen LogP contribution in [0.4, 0.5) is 0 Å². The molecule has 3 rings (SSSR count). The van der Waals surface area contributed by atoms with E-state index in [9.17, 15) is 4.79 Å². The largest absolute Gasteiger partial charge is 0.395 e. The van der Waals surface area contributed by atoms with Gasteiger partial charge in [0.05, 0.1) is 16.8 Å². The molecular formula is C17H17N3O2S2. The highest BCUT2D eigenvalue weighted by Crippen LogP contribution is 2.43. The Morgan fingerprint density at radius 1 is 1.29 bits per heavy atom. The van der Waals surface area contributed by atoms with E-state index in [1.54, 1.807) is 23.7 Å². The maximum atomic E-state index is 12.8. The van der Waals surface area contributed by atoms with E-state index in [-0.39, 0.29) is 19.1 Å². The van der Waals surface area contributed by atoms with Gasteiger partial charge in [0.15, 0.2) is 4.34 Å². The van der Waals surface area contributed by atoms with Crippen molar-refractivity contribution in [2.24, 2.45) is 0 Å². The summed E-state index contributed by atoms with van der Waals surface area (Å²) in [6, 6.07) is 11.6. The van der Waals surface area contributed by atoms with Gasteiger partial charge in [-0.1, -0.05) is 23.9 Å². The van der Waals surface area contributed by atoms with Gasteiger partial charge in [0.2, 0.25) is 5.91 Å². The minimum absolute atomic E-state index is 0.0933. The molecule has 2 N–H and O–H groups in total. The molecule has 1 unspecified atom stereocenters. The van der Waals surface area contributed by atoms with Gasteiger partial charge in [-0.25, -0.2) is 4.98 Å². The Labute approximate surface area is 148 Å². The highest BCUT2D eigenvalue weighted by atomic mass is 32.2. The van der Waals surface area contributed by atoms with Crippen molar-refractivity contribution in [2.45, 2.75) is 16.0 Å². The monoisotopic (exact) mass is 359 g/mol. The third-order valence-corrected chi connectivity index (χ3v) is 6.05. The van der Waals surface area contributed by atoms with E-state index in [1.807, 2.05) is 43.3 Å². The van der Waals surface area contributed by atoms with Crippen LogP contribution < -0.4 is 5.32 Å². The molecule has 0 bridgehead atoms. The number of nitrogens with zero attached hydrogens (tertiary/aromatic N) is 2. The van der Waals surface area contributed by atoms with Gasteiger partial charge < -0.3 is 10.4 Å². The van der Waals surface area contributed by atoms with Crippen molar-refractivity contribution in [1.82, 2.24) is 15.3 Å². The second kappa shape index (κ2) is 7.29. The number of benzene rings is 1. The molecule has 1 atom stereocenters. The maximum Gasteiger partial charge on any atom is 0.241 e. The molecule has 7 heteroatoms. The normalized spacial score (nSPS) is 13.6. The second-order valence-electron chi connectivity index (χ2n) is 5.30. The van der Waals surface area contributed by atoms with Crippen LogP contribution in [-0.4, -0.2) is 34.1 Å². The van der Waals surface area contributed by atoms with E-state index < -0.39 is 4.75 Å². The van der Waals surface area contributed by atoms with Crippen LogP contribution in [0.15, 0.2) is 53.1 Å². The first-order valence-corrected chi connectivity index (χ1v) is 9.11. The van der Waals surface area contributed by atoms with Crippen LogP contribution in [0.5, 0.6) is 0 Å². The predicted octanol–water partition coefficient (Wildman–Crippen LogP) is 2.81. The molecule has 0 radical (unpaired) electrons. The number of hydrogen-bond acceptors (Lipinski definition) is 6. The number of fused-ring (bicyclic) bond motifs is 1. The molecule has 0 saturated heterocycles. The molecule has 24 heavy (non-hydrogen) atoms. The highest BCUT2D eigenvalue weighted by Gasteiger charge is 2.37. The molecule has 0 fully saturated rings.